The van der Waals surface area contributed by atoms with Gasteiger partial charge in [-0.2, -0.15) is 0 Å². The maximum atomic E-state index is 14.1. The maximum Gasteiger partial charge on any atom is 0.293 e. The molecule has 0 bridgehead atoms. The highest BCUT2D eigenvalue weighted by Crippen LogP contribution is 2.32. The van der Waals surface area contributed by atoms with Crippen LogP contribution in [-0.2, 0) is 4.74 Å². The molecule has 0 radical (unpaired) electrons. The zero-order valence-corrected chi connectivity index (χ0v) is 19.9. The molecule has 2 aromatic rings. The molecule has 2 aromatic carbocycles. The van der Waals surface area contributed by atoms with Gasteiger partial charge in [-0.3, -0.25) is 20.2 Å². The summed E-state index contributed by atoms with van der Waals surface area (Å²) in [6, 6.07) is 4.05. The lowest BCUT2D eigenvalue weighted by Crippen LogP contribution is -2.53. The zero-order valence-electron chi connectivity index (χ0n) is 19.1. The number of ether oxygens (including phenoxy) is 1. The Hall–Kier alpha value is -3.59. The molecule has 2 aliphatic rings. The van der Waals surface area contributed by atoms with Gasteiger partial charge in [0.15, 0.2) is 28.4 Å². The van der Waals surface area contributed by atoms with Gasteiger partial charge in [0.1, 0.15) is 11.4 Å². The van der Waals surface area contributed by atoms with Crippen LogP contribution in [0.1, 0.15) is 10.4 Å². The number of hydrogen-bond acceptors (Lipinski definition) is 7. The number of carbonyl (C=O) groups excluding carboxylic acids is 1. The lowest BCUT2D eigenvalue weighted by molar-refractivity contribution is -0.384. The first kappa shape index (κ1) is 26.5. The number of carbonyl (C=O) groups is 1. The zero-order chi connectivity index (χ0) is 26.9. The van der Waals surface area contributed by atoms with Crippen LogP contribution in [-0.4, -0.2) is 73.3 Å². The van der Waals surface area contributed by atoms with E-state index in [0.29, 0.717) is 32.0 Å². The summed E-state index contributed by atoms with van der Waals surface area (Å²) in [4.78, 5) is 28.0. The molecule has 0 aromatic heterocycles. The molecule has 2 aliphatic heterocycles. The third-order valence-electron chi connectivity index (χ3n) is 6.08. The Morgan fingerprint density at radius 2 is 1.46 bits per heavy atom. The third kappa shape index (κ3) is 5.27. The average molecular weight is 545 g/mol. The van der Waals surface area contributed by atoms with Gasteiger partial charge in [-0.05, 0) is 24.4 Å². The number of rotatable bonds is 4. The Morgan fingerprint density at radius 3 is 2.03 bits per heavy atom. The fourth-order valence-electron chi connectivity index (χ4n) is 4.14. The van der Waals surface area contributed by atoms with E-state index in [1.165, 1.54) is 17.0 Å². The SMILES string of the molecule is O=C(NC(=S)N1CCN(c2c(F)c(F)c(F)c(F)c2F)CC1)c1ccc(N2CCOCC2)c([N+](=O)[O-])c1. The van der Waals surface area contributed by atoms with E-state index in [2.05, 4.69) is 5.32 Å². The second-order valence-corrected chi connectivity index (χ2v) is 8.60. The number of hydrogen-bond donors (Lipinski definition) is 1. The molecule has 1 amide bonds. The fraction of sp³-hybridized carbons (Fsp3) is 0.364. The first-order chi connectivity index (χ1) is 17.6. The predicted octanol–water partition coefficient (Wildman–Crippen LogP) is 2.96. The van der Waals surface area contributed by atoms with Gasteiger partial charge in [-0.15, -0.1) is 0 Å². The van der Waals surface area contributed by atoms with Gasteiger partial charge in [0.2, 0.25) is 5.82 Å². The van der Waals surface area contributed by atoms with Gasteiger partial charge < -0.3 is 19.4 Å². The Morgan fingerprint density at radius 1 is 0.892 bits per heavy atom. The number of nitro benzene ring substituents is 1. The summed E-state index contributed by atoms with van der Waals surface area (Å²) in [5.74, 6) is -10.9. The highest BCUT2D eigenvalue weighted by atomic mass is 32.1. The lowest BCUT2D eigenvalue weighted by Gasteiger charge is -2.37. The summed E-state index contributed by atoms with van der Waals surface area (Å²) in [5, 5.41) is 14.0. The van der Waals surface area contributed by atoms with E-state index in [-0.39, 0.29) is 42.5 Å². The normalized spacial score (nSPS) is 16.1. The van der Waals surface area contributed by atoms with Crippen molar-refractivity contribution >= 4 is 40.3 Å². The van der Waals surface area contributed by atoms with Crippen molar-refractivity contribution in [2.45, 2.75) is 0 Å². The number of anilines is 2. The maximum absolute atomic E-state index is 14.1. The number of thiocarbonyl (C=S) groups is 1. The minimum absolute atomic E-state index is 0.00824. The van der Waals surface area contributed by atoms with Gasteiger partial charge in [0, 0.05) is 50.9 Å². The van der Waals surface area contributed by atoms with Crippen LogP contribution >= 0.6 is 12.2 Å². The van der Waals surface area contributed by atoms with E-state index in [1.54, 1.807) is 4.90 Å². The first-order valence-corrected chi connectivity index (χ1v) is 11.5. The molecule has 2 fully saturated rings. The summed E-state index contributed by atoms with van der Waals surface area (Å²) < 4.78 is 73.9. The van der Waals surface area contributed by atoms with Crippen LogP contribution in [0.4, 0.5) is 39.0 Å². The predicted molar refractivity (Wildman–Crippen MR) is 126 cm³/mol. The number of halogens is 5. The van der Waals surface area contributed by atoms with Crippen LogP contribution < -0.4 is 15.1 Å². The van der Waals surface area contributed by atoms with Crippen LogP contribution in [0.15, 0.2) is 18.2 Å². The van der Waals surface area contributed by atoms with Crippen LogP contribution in [0, 0.1) is 39.2 Å². The molecular formula is C22H20F5N5O4S. The Balaban J connectivity index is 1.42. The highest BCUT2D eigenvalue weighted by molar-refractivity contribution is 7.80. The van der Waals surface area contributed by atoms with E-state index in [0.717, 1.165) is 11.0 Å². The van der Waals surface area contributed by atoms with Crippen LogP contribution in [0.2, 0.25) is 0 Å². The summed E-state index contributed by atoms with van der Waals surface area (Å²) in [6.45, 7) is 1.50. The number of benzene rings is 2. The van der Waals surface area contributed by atoms with Crippen LogP contribution in [0.25, 0.3) is 0 Å². The number of piperazine rings is 1. The monoisotopic (exact) mass is 545 g/mol. The average Bonchev–Trinajstić information content (AvgIpc) is 2.91. The van der Waals surface area contributed by atoms with Crippen molar-refractivity contribution < 1.29 is 36.4 Å². The van der Waals surface area contributed by atoms with E-state index < -0.39 is 45.6 Å². The number of nitrogens with one attached hydrogen (secondary N) is 1. The summed E-state index contributed by atoms with van der Waals surface area (Å²) in [6.07, 6.45) is 0. The standard InChI is InChI=1S/C22H20F5N5O4S/c23-15-16(24)18(26)20(19(27)17(15)25)30-3-5-31(6-4-30)22(37)28-21(33)12-1-2-13(14(11-12)32(34)35)29-7-9-36-10-8-29/h1-2,11H,3-10H2,(H,28,33,37). The molecule has 0 unspecified atom stereocenters. The summed E-state index contributed by atoms with van der Waals surface area (Å²) in [7, 11) is 0. The molecule has 2 saturated heterocycles. The molecule has 0 aliphatic carbocycles. The third-order valence-corrected chi connectivity index (χ3v) is 6.44. The molecular weight excluding hydrogens is 525 g/mol. The summed E-state index contributed by atoms with van der Waals surface area (Å²) in [5.41, 5.74) is -0.932. The molecule has 2 heterocycles. The number of morpholine rings is 1. The van der Waals surface area contributed by atoms with Gasteiger partial charge >= 0.3 is 0 Å². The molecule has 0 atom stereocenters. The fourth-order valence-corrected chi connectivity index (χ4v) is 4.41. The minimum Gasteiger partial charge on any atom is -0.378 e. The van der Waals surface area contributed by atoms with Crippen molar-refractivity contribution in [1.82, 2.24) is 10.2 Å². The number of amides is 1. The Labute approximate surface area is 212 Å². The topological polar surface area (TPSA) is 91.2 Å². The van der Waals surface area contributed by atoms with E-state index in [1.807, 2.05) is 0 Å². The molecule has 1 N–H and O–H groups in total. The molecule has 15 heteroatoms. The second kappa shape index (κ2) is 10.8. The molecule has 37 heavy (non-hydrogen) atoms. The van der Waals surface area contributed by atoms with Crippen molar-refractivity contribution in [3.8, 4) is 0 Å². The van der Waals surface area contributed by atoms with Crippen molar-refractivity contribution in [3.63, 3.8) is 0 Å². The van der Waals surface area contributed by atoms with Gasteiger partial charge in [0.25, 0.3) is 11.6 Å². The molecule has 4 rings (SSSR count). The molecule has 0 spiro atoms. The second-order valence-electron chi connectivity index (χ2n) is 8.21. The van der Waals surface area contributed by atoms with Gasteiger partial charge in [0.05, 0.1) is 18.1 Å². The van der Waals surface area contributed by atoms with E-state index in [4.69, 9.17) is 17.0 Å². The molecule has 9 nitrogen and oxygen atoms in total. The number of nitrogens with zero attached hydrogens (tertiary/aromatic N) is 4. The highest BCUT2D eigenvalue weighted by Gasteiger charge is 2.31. The molecule has 198 valence electrons. The van der Waals surface area contributed by atoms with E-state index >= 15 is 0 Å². The van der Waals surface area contributed by atoms with Crippen molar-refractivity contribution in [3.05, 3.63) is 63.0 Å². The minimum atomic E-state index is -2.24. The van der Waals surface area contributed by atoms with E-state index in [9.17, 15) is 36.9 Å². The van der Waals surface area contributed by atoms with Crippen LogP contribution in [0.3, 0.4) is 0 Å². The number of nitro groups is 1. The quantitative estimate of drug-likeness (QED) is 0.157. The largest absolute Gasteiger partial charge is 0.378 e. The Bertz CT molecular complexity index is 1220. The van der Waals surface area contributed by atoms with Crippen LogP contribution in [0.5, 0.6) is 0 Å². The van der Waals surface area contributed by atoms with Crippen molar-refractivity contribution in [2.75, 3.05) is 62.3 Å². The Kier molecular flexibility index (Phi) is 7.73. The van der Waals surface area contributed by atoms with Crippen molar-refractivity contribution in [2.24, 2.45) is 0 Å². The lowest BCUT2D eigenvalue weighted by atomic mass is 10.1. The van der Waals surface area contributed by atoms with Gasteiger partial charge in [-0.1, -0.05) is 0 Å². The smallest absolute Gasteiger partial charge is 0.293 e. The first-order valence-electron chi connectivity index (χ1n) is 11.1. The van der Waals surface area contributed by atoms with Crippen molar-refractivity contribution in [1.29, 1.82) is 0 Å². The summed E-state index contributed by atoms with van der Waals surface area (Å²) >= 11 is 5.23. The van der Waals surface area contributed by atoms with Gasteiger partial charge in [-0.25, -0.2) is 22.0 Å². The molecule has 0 saturated carbocycles.